The molecule has 0 saturated carbocycles. The Morgan fingerprint density at radius 1 is 1.04 bits per heavy atom. The van der Waals surface area contributed by atoms with Crippen molar-refractivity contribution in [2.75, 3.05) is 45.1 Å². The Kier molecular flexibility index (Phi) is 6.26. The molecular weight excluding hydrogens is 350 g/mol. The third-order valence-electron chi connectivity index (χ3n) is 4.41. The van der Waals surface area contributed by atoms with Gasteiger partial charge in [-0.05, 0) is 48.4 Å². The molecule has 0 spiro atoms. The fourth-order valence-corrected chi connectivity index (χ4v) is 4.10. The monoisotopic (exact) mass is 375 g/mol. The summed E-state index contributed by atoms with van der Waals surface area (Å²) in [5, 5.41) is 0. The van der Waals surface area contributed by atoms with E-state index in [1.807, 2.05) is 24.3 Å². The third kappa shape index (κ3) is 5.04. The maximum atomic E-state index is 12.6. The van der Waals surface area contributed by atoms with E-state index >= 15 is 0 Å². The molecule has 0 atom stereocenters. The van der Waals surface area contributed by atoms with E-state index in [-0.39, 0.29) is 4.90 Å². The molecule has 1 aliphatic rings. The van der Waals surface area contributed by atoms with Crippen LogP contribution in [0.4, 0.5) is 5.69 Å². The number of sulfonamides is 1. The number of benzene rings is 2. The number of nitrogens with zero attached hydrogens (tertiary/aromatic N) is 1. The second-order valence-electron chi connectivity index (χ2n) is 6.36. The van der Waals surface area contributed by atoms with E-state index in [2.05, 4.69) is 9.62 Å². The van der Waals surface area contributed by atoms with Crippen molar-refractivity contribution in [2.24, 2.45) is 0 Å². The van der Waals surface area contributed by atoms with Gasteiger partial charge >= 0.3 is 0 Å². The van der Waals surface area contributed by atoms with E-state index in [1.54, 1.807) is 24.3 Å². The van der Waals surface area contributed by atoms with Crippen LogP contribution in [0.5, 0.6) is 0 Å². The van der Waals surface area contributed by atoms with Crippen molar-refractivity contribution in [3.63, 3.8) is 0 Å². The topological polar surface area (TPSA) is 84.7 Å². The first kappa shape index (κ1) is 18.8. The van der Waals surface area contributed by atoms with E-state index in [0.717, 1.165) is 50.4 Å². The fraction of sp³-hybridized carbons (Fsp3) is 0.368. The van der Waals surface area contributed by atoms with Gasteiger partial charge in [0.1, 0.15) is 0 Å². The minimum absolute atomic E-state index is 0.267. The standard InChI is InChI=1S/C19H25N3O3S/c20-18-6-1-4-16(14-18)17-5-2-7-19(15-17)26(23,24)21-8-3-9-22-10-12-25-13-11-22/h1-2,4-7,14-15,21H,3,8-13,20H2. The average molecular weight is 375 g/mol. The highest BCUT2D eigenvalue weighted by atomic mass is 32.2. The van der Waals surface area contributed by atoms with Crippen LogP contribution in [0.2, 0.25) is 0 Å². The molecule has 2 aromatic rings. The predicted molar refractivity (Wildman–Crippen MR) is 103 cm³/mol. The van der Waals surface area contributed by atoms with E-state index in [1.165, 1.54) is 0 Å². The predicted octanol–water partition coefficient (Wildman–Crippen LogP) is 1.94. The Morgan fingerprint density at radius 2 is 1.73 bits per heavy atom. The largest absolute Gasteiger partial charge is 0.399 e. The lowest BCUT2D eigenvalue weighted by Crippen LogP contribution is -2.38. The molecule has 0 amide bonds. The van der Waals surface area contributed by atoms with Crippen LogP contribution in [0.1, 0.15) is 6.42 Å². The summed E-state index contributed by atoms with van der Waals surface area (Å²) in [6.45, 7) is 4.62. The molecule has 0 radical (unpaired) electrons. The van der Waals surface area contributed by atoms with Gasteiger partial charge in [-0.3, -0.25) is 4.90 Å². The van der Waals surface area contributed by atoms with Crippen LogP contribution in [-0.2, 0) is 14.8 Å². The maximum Gasteiger partial charge on any atom is 0.240 e. The molecule has 0 unspecified atom stereocenters. The molecule has 1 heterocycles. The first-order chi connectivity index (χ1) is 12.5. The van der Waals surface area contributed by atoms with Gasteiger partial charge in [0.2, 0.25) is 10.0 Å². The number of nitrogens with two attached hydrogens (primary N) is 1. The Labute approximate surface area is 155 Å². The van der Waals surface area contributed by atoms with Crippen LogP contribution in [-0.4, -0.2) is 52.7 Å². The van der Waals surface area contributed by atoms with Crippen molar-refractivity contribution in [2.45, 2.75) is 11.3 Å². The number of nitrogen functional groups attached to an aromatic ring is 1. The molecular formula is C19H25N3O3S. The SMILES string of the molecule is Nc1cccc(-c2cccc(S(=O)(=O)NCCCN3CCOCC3)c2)c1. The Balaban J connectivity index is 1.61. The lowest BCUT2D eigenvalue weighted by Gasteiger charge is -2.26. The lowest BCUT2D eigenvalue weighted by molar-refractivity contribution is 0.0376. The quantitative estimate of drug-likeness (QED) is 0.571. The highest BCUT2D eigenvalue weighted by Crippen LogP contribution is 2.24. The van der Waals surface area contributed by atoms with Crippen molar-refractivity contribution in [1.82, 2.24) is 9.62 Å². The van der Waals surface area contributed by atoms with E-state index in [9.17, 15) is 8.42 Å². The number of rotatable bonds is 7. The van der Waals surface area contributed by atoms with Gasteiger partial charge in [0, 0.05) is 25.3 Å². The van der Waals surface area contributed by atoms with E-state index < -0.39 is 10.0 Å². The van der Waals surface area contributed by atoms with Gasteiger partial charge in [-0.2, -0.15) is 0 Å². The minimum atomic E-state index is -3.53. The molecule has 7 heteroatoms. The summed E-state index contributed by atoms with van der Waals surface area (Å²) in [6.07, 6.45) is 0.772. The molecule has 3 rings (SSSR count). The number of hydrogen-bond acceptors (Lipinski definition) is 5. The van der Waals surface area contributed by atoms with Gasteiger partial charge in [-0.15, -0.1) is 0 Å². The normalized spacial score (nSPS) is 15.8. The Hall–Kier alpha value is -1.93. The summed E-state index contributed by atoms with van der Waals surface area (Å²) in [5.41, 5.74) is 8.19. The van der Waals surface area contributed by atoms with Crippen molar-refractivity contribution in [1.29, 1.82) is 0 Å². The van der Waals surface area contributed by atoms with Crippen LogP contribution in [0.3, 0.4) is 0 Å². The zero-order chi connectivity index (χ0) is 18.4. The number of ether oxygens (including phenoxy) is 1. The van der Waals surface area contributed by atoms with Gasteiger partial charge < -0.3 is 10.5 Å². The molecule has 1 fully saturated rings. The van der Waals surface area contributed by atoms with Crippen molar-refractivity contribution in [3.05, 3.63) is 48.5 Å². The molecule has 26 heavy (non-hydrogen) atoms. The highest BCUT2D eigenvalue weighted by molar-refractivity contribution is 7.89. The summed E-state index contributed by atoms with van der Waals surface area (Å²) < 4.78 is 33.1. The van der Waals surface area contributed by atoms with Crippen LogP contribution in [0.15, 0.2) is 53.4 Å². The Bertz CT molecular complexity index is 833. The molecule has 140 valence electrons. The lowest BCUT2D eigenvalue weighted by atomic mass is 10.1. The smallest absolute Gasteiger partial charge is 0.240 e. The first-order valence-electron chi connectivity index (χ1n) is 8.80. The summed E-state index contributed by atoms with van der Waals surface area (Å²) in [6, 6.07) is 14.3. The second kappa shape index (κ2) is 8.64. The van der Waals surface area contributed by atoms with Gasteiger partial charge in [0.05, 0.1) is 18.1 Å². The molecule has 3 N–H and O–H groups in total. The highest BCUT2D eigenvalue weighted by Gasteiger charge is 2.15. The molecule has 0 bridgehead atoms. The zero-order valence-corrected chi connectivity index (χ0v) is 15.5. The molecule has 1 aliphatic heterocycles. The number of hydrogen-bond donors (Lipinski definition) is 2. The van der Waals surface area contributed by atoms with Crippen LogP contribution in [0, 0.1) is 0 Å². The summed E-state index contributed by atoms with van der Waals surface area (Å²) in [7, 11) is -3.53. The zero-order valence-electron chi connectivity index (χ0n) is 14.7. The van der Waals surface area contributed by atoms with Gasteiger partial charge in [0.15, 0.2) is 0 Å². The third-order valence-corrected chi connectivity index (χ3v) is 5.87. The summed E-state index contributed by atoms with van der Waals surface area (Å²) in [5.74, 6) is 0. The summed E-state index contributed by atoms with van der Waals surface area (Å²) >= 11 is 0. The average Bonchev–Trinajstić information content (AvgIpc) is 2.66. The summed E-state index contributed by atoms with van der Waals surface area (Å²) in [4.78, 5) is 2.56. The number of nitrogens with one attached hydrogen (secondary N) is 1. The van der Waals surface area contributed by atoms with Gasteiger partial charge in [-0.25, -0.2) is 13.1 Å². The molecule has 6 nitrogen and oxygen atoms in total. The Morgan fingerprint density at radius 3 is 2.46 bits per heavy atom. The number of anilines is 1. The molecule has 0 aliphatic carbocycles. The van der Waals surface area contributed by atoms with Crippen LogP contribution >= 0.6 is 0 Å². The minimum Gasteiger partial charge on any atom is -0.399 e. The first-order valence-corrected chi connectivity index (χ1v) is 10.3. The van der Waals surface area contributed by atoms with Gasteiger partial charge in [0.25, 0.3) is 0 Å². The molecule has 1 saturated heterocycles. The van der Waals surface area contributed by atoms with E-state index in [0.29, 0.717) is 12.2 Å². The van der Waals surface area contributed by atoms with Crippen molar-refractivity contribution in [3.8, 4) is 11.1 Å². The van der Waals surface area contributed by atoms with E-state index in [4.69, 9.17) is 10.5 Å². The molecule has 2 aromatic carbocycles. The molecule has 0 aromatic heterocycles. The van der Waals surface area contributed by atoms with Crippen molar-refractivity contribution >= 4 is 15.7 Å². The fourth-order valence-electron chi connectivity index (χ4n) is 2.98. The maximum absolute atomic E-state index is 12.6. The second-order valence-corrected chi connectivity index (χ2v) is 8.13. The van der Waals surface area contributed by atoms with Gasteiger partial charge in [-0.1, -0.05) is 24.3 Å². The van der Waals surface area contributed by atoms with Crippen LogP contribution in [0.25, 0.3) is 11.1 Å². The van der Waals surface area contributed by atoms with Crippen molar-refractivity contribution < 1.29 is 13.2 Å². The van der Waals surface area contributed by atoms with Crippen LogP contribution < -0.4 is 10.5 Å². The number of morpholine rings is 1.